The van der Waals surface area contributed by atoms with Crippen molar-refractivity contribution in [1.29, 1.82) is 0 Å². The van der Waals surface area contributed by atoms with E-state index >= 15 is 0 Å². The summed E-state index contributed by atoms with van der Waals surface area (Å²) in [5.74, 6) is 0.382. The van der Waals surface area contributed by atoms with E-state index < -0.39 is 0 Å². The lowest BCUT2D eigenvalue weighted by atomic mass is 10.2. The van der Waals surface area contributed by atoms with Gasteiger partial charge >= 0.3 is 0 Å². The highest BCUT2D eigenvalue weighted by Gasteiger charge is 2.13. The second-order valence-electron chi connectivity index (χ2n) is 5.32. The minimum atomic E-state index is -0.199. The van der Waals surface area contributed by atoms with Gasteiger partial charge in [-0.1, -0.05) is 0 Å². The van der Waals surface area contributed by atoms with Gasteiger partial charge in [0.05, 0.1) is 17.3 Å². The minimum Gasteiger partial charge on any atom is -0.367 e. The Morgan fingerprint density at radius 1 is 1.27 bits per heavy atom. The lowest BCUT2D eigenvalue weighted by Crippen LogP contribution is -2.18. The number of fused-ring (bicyclic) bond motifs is 1. The van der Waals surface area contributed by atoms with Crippen molar-refractivity contribution in [3.63, 3.8) is 0 Å². The molecule has 2 heterocycles. The van der Waals surface area contributed by atoms with Crippen molar-refractivity contribution >= 4 is 28.3 Å². The van der Waals surface area contributed by atoms with Gasteiger partial charge in [-0.05, 0) is 44.2 Å². The molecule has 1 amide bonds. The molecule has 0 saturated heterocycles. The number of nitrogens with one attached hydrogen (secondary N) is 3. The molecule has 0 aliphatic carbocycles. The van der Waals surface area contributed by atoms with Gasteiger partial charge in [0.15, 0.2) is 0 Å². The van der Waals surface area contributed by atoms with Crippen LogP contribution in [0.15, 0.2) is 42.7 Å². The Hall–Kier alpha value is -2.89. The fourth-order valence-corrected chi connectivity index (χ4v) is 2.19. The summed E-state index contributed by atoms with van der Waals surface area (Å²) in [6.07, 6.45) is 3.41. The van der Waals surface area contributed by atoms with Gasteiger partial charge in [0.25, 0.3) is 5.91 Å². The van der Waals surface area contributed by atoms with Crippen molar-refractivity contribution < 1.29 is 4.79 Å². The van der Waals surface area contributed by atoms with Gasteiger partial charge < -0.3 is 10.6 Å². The van der Waals surface area contributed by atoms with Crippen molar-refractivity contribution in [2.45, 2.75) is 19.9 Å². The zero-order valence-electron chi connectivity index (χ0n) is 12.4. The lowest BCUT2D eigenvalue weighted by molar-refractivity contribution is 0.102. The molecule has 3 aromatic rings. The molecule has 2 aromatic heterocycles. The molecule has 0 saturated carbocycles. The van der Waals surface area contributed by atoms with E-state index in [9.17, 15) is 4.79 Å². The zero-order chi connectivity index (χ0) is 15.5. The Balaban J connectivity index is 1.84. The SMILES string of the molecule is CC(C)Nc1ncccc1C(=O)Nc1ccc2cn[nH]c2c1. The molecule has 22 heavy (non-hydrogen) atoms. The van der Waals surface area contributed by atoms with Crippen LogP contribution in [-0.2, 0) is 0 Å². The van der Waals surface area contributed by atoms with E-state index in [0.29, 0.717) is 17.1 Å². The van der Waals surface area contributed by atoms with Crippen LogP contribution in [0.2, 0.25) is 0 Å². The van der Waals surface area contributed by atoms with Crippen LogP contribution in [0.4, 0.5) is 11.5 Å². The lowest BCUT2D eigenvalue weighted by Gasteiger charge is -2.13. The average Bonchev–Trinajstić information content (AvgIpc) is 2.94. The molecule has 0 bridgehead atoms. The van der Waals surface area contributed by atoms with E-state index in [0.717, 1.165) is 10.9 Å². The van der Waals surface area contributed by atoms with Crippen LogP contribution >= 0.6 is 0 Å². The van der Waals surface area contributed by atoms with Gasteiger partial charge in [-0.2, -0.15) is 5.10 Å². The molecular weight excluding hydrogens is 278 g/mol. The number of rotatable bonds is 4. The van der Waals surface area contributed by atoms with Crippen molar-refractivity contribution in [2.24, 2.45) is 0 Å². The van der Waals surface area contributed by atoms with Crippen LogP contribution in [0.3, 0.4) is 0 Å². The highest BCUT2D eigenvalue weighted by molar-refractivity contribution is 6.08. The topological polar surface area (TPSA) is 82.7 Å². The maximum atomic E-state index is 12.5. The van der Waals surface area contributed by atoms with Crippen LogP contribution in [-0.4, -0.2) is 27.1 Å². The molecule has 3 N–H and O–H groups in total. The monoisotopic (exact) mass is 295 g/mol. The third-order valence-corrected chi connectivity index (χ3v) is 3.18. The number of H-pyrrole nitrogens is 1. The van der Waals surface area contributed by atoms with Gasteiger partial charge in [-0.15, -0.1) is 0 Å². The summed E-state index contributed by atoms with van der Waals surface area (Å²) in [6, 6.07) is 9.31. The van der Waals surface area contributed by atoms with Crippen LogP contribution in [0.25, 0.3) is 10.9 Å². The molecule has 0 aliphatic heterocycles. The maximum Gasteiger partial charge on any atom is 0.259 e. The van der Waals surface area contributed by atoms with Crippen molar-refractivity contribution in [1.82, 2.24) is 15.2 Å². The maximum absolute atomic E-state index is 12.5. The number of nitrogens with zero attached hydrogens (tertiary/aromatic N) is 2. The largest absolute Gasteiger partial charge is 0.367 e. The number of aromatic amines is 1. The Bertz CT molecular complexity index is 809. The van der Waals surface area contributed by atoms with Crippen LogP contribution in [0.5, 0.6) is 0 Å². The standard InChI is InChI=1S/C16H17N5O/c1-10(2)19-15-13(4-3-7-17-15)16(22)20-12-6-5-11-9-18-21-14(11)8-12/h3-10H,1-2H3,(H,17,19)(H,18,21)(H,20,22). The first-order valence-electron chi connectivity index (χ1n) is 7.09. The van der Waals surface area contributed by atoms with Crippen LogP contribution in [0, 0.1) is 0 Å². The third kappa shape index (κ3) is 2.90. The van der Waals surface area contributed by atoms with Gasteiger partial charge in [0.2, 0.25) is 0 Å². The van der Waals surface area contributed by atoms with Crippen molar-refractivity contribution in [3.05, 3.63) is 48.3 Å². The van der Waals surface area contributed by atoms with Crippen molar-refractivity contribution in [3.8, 4) is 0 Å². The van der Waals surface area contributed by atoms with E-state index in [1.807, 2.05) is 32.0 Å². The normalized spacial score (nSPS) is 10.9. The van der Waals surface area contributed by atoms with Crippen LogP contribution < -0.4 is 10.6 Å². The van der Waals surface area contributed by atoms with Gasteiger partial charge in [0, 0.05) is 23.3 Å². The van der Waals surface area contributed by atoms with E-state index in [1.54, 1.807) is 24.5 Å². The number of carbonyl (C=O) groups excluding carboxylic acids is 1. The molecular formula is C16H17N5O. The number of anilines is 2. The third-order valence-electron chi connectivity index (χ3n) is 3.18. The predicted octanol–water partition coefficient (Wildman–Crippen LogP) is 3.03. The summed E-state index contributed by atoms with van der Waals surface area (Å²) >= 11 is 0. The molecule has 3 rings (SSSR count). The summed E-state index contributed by atoms with van der Waals surface area (Å²) in [5.41, 5.74) is 2.10. The fourth-order valence-electron chi connectivity index (χ4n) is 2.19. The fraction of sp³-hybridized carbons (Fsp3) is 0.188. The summed E-state index contributed by atoms with van der Waals surface area (Å²) in [5, 5.41) is 13.9. The molecule has 0 unspecified atom stereocenters. The molecule has 6 heteroatoms. The number of amides is 1. The molecule has 0 aliphatic rings. The minimum absolute atomic E-state index is 0.197. The first-order chi connectivity index (χ1) is 10.6. The van der Waals surface area contributed by atoms with Gasteiger partial charge in [-0.25, -0.2) is 4.98 Å². The Morgan fingerprint density at radius 3 is 2.95 bits per heavy atom. The van der Waals surface area contributed by atoms with E-state index in [-0.39, 0.29) is 11.9 Å². The molecule has 0 radical (unpaired) electrons. The molecule has 0 atom stereocenters. The number of hydrogen-bond acceptors (Lipinski definition) is 4. The second-order valence-corrected chi connectivity index (χ2v) is 5.32. The van der Waals surface area contributed by atoms with Crippen molar-refractivity contribution in [2.75, 3.05) is 10.6 Å². The summed E-state index contributed by atoms with van der Waals surface area (Å²) in [7, 11) is 0. The molecule has 0 spiro atoms. The summed E-state index contributed by atoms with van der Waals surface area (Å²) in [6.45, 7) is 4.01. The smallest absolute Gasteiger partial charge is 0.259 e. The second kappa shape index (κ2) is 5.85. The zero-order valence-corrected chi connectivity index (χ0v) is 12.4. The first kappa shape index (κ1) is 14.1. The van der Waals surface area contributed by atoms with E-state index in [4.69, 9.17) is 0 Å². The number of benzene rings is 1. The number of carbonyl (C=O) groups is 1. The number of hydrogen-bond donors (Lipinski definition) is 3. The van der Waals surface area contributed by atoms with Gasteiger partial charge in [-0.3, -0.25) is 9.89 Å². The predicted molar refractivity (Wildman–Crippen MR) is 87.0 cm³/mol. The quantitative estimate of drug-likeness (QED) is 0.691. The Kier molecular flexibility index (Phi) is 3.74. The first-order valence-corrected chi connectivity index (χ1v) is 7.09. The van der Waals surface area contributed by atoms with Gasteiger partial charge in [0.1, 0.15) is 5.82 Å². The molecule has 6 nitrogen and oxygen atoms in total. The summed E-state index contributed by atoms with van der Waals surface area (Å²) in [4.78, 5) is 16.7. The molecule has 1 aromatic carbocycles. The summed E-state index contributed by atoms with van der Waals surface area (Å²) < 4.78 is 0. The van der Waals surface area contributed by atoms with E-state index in [1.165, 1.54) is 0 Å². The Labute approximate surface area is 128 Å². The molecule has 0 fully saturated rings. The Morgan fingerprint density at radius 2 is 2.14 bits per heavy atom. The molecule has 112 valence electrons. The van der Waals surface area contributed by atoms with E-state index in [2.05, 4.69) is 25.8 Å². The number of aromatic nitrogens is 3. The average molecular weight is 295 g/mol. The highest BCUT2D eigenvalue weighted by atomic mass is 16.1. The number of pyridine rings is 1. The highest BCUT2D eigenvalue weighted by Crippen LogP contribution is 2.19. The van der Waals surface area contributed by atoms with Crippen LogP contribution in [0.1, 0.15) is 24.2 Å².